The van der Waals surface area contributed by atoms with E-state index in [1.807, 2.05) is 12.1 Å². The molecule has 0 amide bonds. The number of rotatable bonds is 5. The first-order chi connectivity index (χ1) is 16.4. The molecule has 0 saturated carbocycles. The number of hydrogen-bond donors (Lipinski definition) is 1. The van der Waals surface area contributed by atoms with Crippen molar-refractivity contribution < 1.29 is 8.42 Å². The number of benzene rings is 2. The number of nitrogens with one attached hydrogen (secondary N) is 1. The molecule has 1 unspecified atom stereocenters. The number of aromatic nitrogens is 3. The molecule has 0 radical (unpaired) electrons. The van der Waals surface area contributed by atoms with Crippen molar-refractivity contribution in [3.05, 3.63) is 87.9 Å². The highest BCUT2D eigenvalue weighted by Crippen LogP contribution is 2.35. The van der Waals surface area contributed by atoms with Gasteiger partial charge in [-0.2, -0.15) is 10.2 Å². The van der Waals surface area contributed by atoms with E-state index in [1.165, 1.54) is 36.1 Å². The second kappa shape index (κ2) is 8.64. The summed E-state index contributed by atoms with van der Waals surface area (Å²) < 4.78 is 28.2. The van der Waals surface area contributed by atoms with Gasteiger partial charge in [-0.15, -0.1) is 0 Å². The molecule has 9 nitrogen and oxygen atoms in total. The number of nitrogens with zero attached hydrogens (tertiary/aromatic N) is 5. The van der Waals surface area contributed by atoms with Crippen LogP contribution in [0.15, 0.2) is 81.8 Å². The number of sulfonamides is 1. The molecular weight excluding hydrogens is 476 g/mol. The molecule has 0 aliphatic carbocycles. The van der Waals surface area contributed by atoms with Crippen molar-refractivity contribution >= 4 is 44.4 Å². The summed E-state index contributed by atoms with van der Waals surface area (Å²) in [4.78, 5) is 17.3. The van der Waals surface area contributed by atoms with Gasteiger partial charge in [0.2, 0.25) is 15.5 Å². The molecule has 0 saturated heterocycles. The maximum absolute atomic E-state index is 12.9. The van der Waals surface area contributed by atoms with Crippen molar-refractivity contribution in [2.24, 2.45) is 5.10 Å². The van der Waals surface area contributed by atoms with Crippen LogP contribution in [0.3, 0.4) is 0 Å². The summed E-state index contributed by atoms with van der Waals surface area (Å²) in [5, 5.41) is 12.3. The van der Waals surface area contributed by atoms with Crippen LogP contribution in [0.4, 0.5) is 5.69 Å². The third-order valence-corrected chi connectivity index (χ3v) is 7.22. The number of pyridine rings is 1. The first kappa shape index (κ1) is 22.2. The number of fused-ring (bicyclic) bond motifs is 1. The number of hydrazone groups is 1. The predicted molar refractivity (Wildman–Crippen MR) is 131 cm³/mol. The molecule has 2 aromatic carbocycles. The fourth-order valence-electron chi connectivity index (χ4n) is 3.89. The Balaban J connectivity index is 1.58. The lowest BCUT2D eigenvalue weighted by Crippen LogP contribution is -2.27. The molecular formula is C23H19ClN6O3S. The average molecular weight is 495 g/mol. The zero-order chi connectivity index (χ0) is 23.9. The highest BCUT2D eigenvalue weighted by Gasteiger charge is 2.29. The van der Waals surface area contributed by atoms with Gasteiger partial charge in [0.1, 0.15) is 11.7 Å². The van der Waals surface area contributed by atoms with Gasteiger partial charge in [0.05, 0.1) is 21.8 Å². The van der Waals surface area contributed by atoms with Crippen molar-refractivity contribution in [3.63, 3.8) is 0 Å². The molecule has 4 aromatic rings. The zero-order valence-electron chi connectivity index (χ0n) is 18.0. The summed E-state index contributed by atoms with van der Waals surface area (Å²) in [6.07, 6.45) is 5.41. The number of hydrogen-bond acceptors (Lipinski definition) is 7. The van der Waals surface area contributed by atoms with E-state index >= 15 is 0 Å². The summed E-state index contributed by atoms with van der Waals surface area (Å²) in [5.74, 6) is 0. The van der Waals surface area contributed by atoms with Gasteiger partial charge in [0.15, 0.2) is 0 Å². The molecule has 11 heteroatoms. The molecule has 0 bridgehead atoms. The quantitative estimate of drug-likeness (QED) is 0.456. The summed E-state index contributed by atoms with van der Waals surface area (Å²) in [7, 11) is -2.28. The van der Waals surface area contributed by atoms with Gasteiger partial charge >= 0.3 is 0 Å². The Bertz CT molecular complexity index is 1600. The summed E-state index contributed by atoms with van der Waals surface area (Å²) in [5.41, 5.74) is 2.05. The molecule has 0 fully saturated rings. The lowest BCUT2D eigenvalue weighted by atomic mass is 10.1. The van der Waals surface area contributed by atoms with Crippen LogP contribution in [0, 0.1) is 0 Å². The number of anilines is 1. The van der Waals surface area contributed by atoms with Crippen LogP contribution in [-0.4, -0.2) is 36.4 Å². The van der Waals surface area contributed by atoms with Gasteiger partial charge in [-0.05, 0) is 49.5 Å². The Kier molecular flexibility index (Phi) is 5.64. The monoisotopic (exact) mass is 494 g/mol. The molecule has 0 spiro atoms. The van der Waals surface area contributed by atoms with Crippen LogP contribution in [0.25, 0.3) is 16.6 Å². The molecule has 172 valence electrons. The van der Waals surface area contributed by atoms with Gasteiger partial charge < -0.3 is 0 Å². The minimum atomic E-state index is -3.63. The van der Waals surface area contributed by atoms with E-state index in [0.29, 0.717) is 28.3 Å². The smallest absolute Gasteiger partial charge is 0.240 e. The Morgan fingerprint density at radius 2 is 1.97 bits per heavy atom. The largest absolute Gasteiger partial charge is 0.288 e. The second-order valence-electron chi connectivity index (χ2n) is 7.60. The highest BCUT2D eigenvalue weighted by atomic mass is 35.5. The van der Waals surface area contributed by atoms with Gasteiger partial charge in [0.25, 0.3) is 0 Å². The Hall–Kier alpha value is -3.60. The summed E-state index contributed by atoms with van der Waals surface area (Å²) >= 11 is 6.12. The van der Waals surface area contributed by atoms with Crippen molar-refractivity contribution in [3.8, 4) is 5.69 Å². The van der Waals surface area contributed by atoms with Crippen molar-refractivity contribution in [1.82, 2.24) is 19.5 Å². The molecule has 1 N–H and O–H groups in total. The zero-order valence-corrected chi connectivity index (χ0v) is 19.5. The molecule has 2 aromatic heterocycles. The normalized spacial score (nSPS) is 15.8. The van der Waals surface area contributed by atoms with Crippen LogP contribution in [-0.2, 0) is 10.0 Å². The topological polar surface area (TPSA) is 110 Å². The maximum atomic E-state index is 12.9. The second-order valence-corrected chi connectivity index (χ2v) is 9.92. The maximum Gasteiger partial charge on any atom is 0.240 e. The molecule has 3 heterocycles. The fourth-order valence-corrected chi connectivity index (χ4v) is 4.82. The van der Waals surface area contributed by atoms with Crippen LogP contribution in [0.2, 0.25) is 5.02 Å². The van der Waals surface area contributed by atoms with Crippen LogP contribution >= 0.6 is 11.6 Å². The van der Waals surface area contributed by atoms with Crippen LogP contribution < -0.4 is 15.2 Å². The van der Waals surface area contributed by atoms with Crippen molar-refractivity contribution in [2.75, 3.05) is 12.1 Å². The van der Waals surface area contributed by atoms with E-state index in [-0.39, 0.29) is 10.3 Å². The fraction of sp³-hybridized carbons (Fsp3) is 0.130. The first-order valence-electron chi connectivity index (χ1n) is 10.4. The lowest BCUT2D eigenvalue weighted by molar-refractivity contribution is 0.588. The van der Waals surface area contributed by atoms with Crippen molar-refractivity contribution in [2.45, 2.75) is 17.4 Å². The van der Waals surface area contributed by atoms with E-state index in [9.17, 15) is 13.2 Å². The van der Waals surface area contributed by atoms with Crippen molar-refractivity contribution in [1.29, 1.82) is 0 Å². The summed E-state index contributed by atoms with van der Waals surface area (Å²) in [6, 6.07) is 14.6. The molecule has 1 aliphatic heterocycles. The standard InChI is InChI=1S/C23H19ClN6O3S/c1-25-34(32,33)17-4-2-3-16(14-17)29-12-9-22(31)23(28-29)21-8-11-27-30(21)20-7-10-26-19-13-15(24)5-6-18(19)20/h2-7,9-14,21,25H,8H2,1H3. The minimum Gasteiger partial charge on any atom is -0.288 e. The molecule has 1 atom stereocenters. The van der Waals surface area contributed by atoms with Crippen LogP contribution in [0.5, 0.6) is 0 Å². The Morgan fingerprint density at radius 1 is 1.12 bits per heavy atom. The lowest BCUT2D eigenvalue weighted by Gasteiger charge is -2.24. The van der Waals surface area contributed by atoms with E-state index in [1.54, 1.807) is 41.7 Å². The van der Waals surface area contributed by atoms with Crippen LogP contribution in [0.1, 0.15) is 18.2 Å². The van der Waals surface area contributed by atoms with E-state index < -0.39 is 16.1 Å². The van der Waals surface area contributed by atoms with Gasteiger partial charge in [-0.1, -0.05) is 17.7 Å². The Labute approximate surface area is 200 Å². The Morgan fingerprint density at radius 3 is 2.79 bits per heavy atom. The van der Waals surface area contributed by atoms with Gasteiger partial charge in [0, 0.05) is 41.5 Å². The third-order valence-electron chi connectivity index (χ3n) is 5.57. The van der Waals surface area contributed by atoms with E-state index in [4.69, 9.17) is 11.6 Å². The average Bonchev–Trinajstić information content (AvgIpc) is 3.33. The summed E-state index contributed by atoms with van der Waals surface area (Å²) in [6.45, 7) is 0. The van der Waals surface area contributed by atoms with Gasteiger partial charge in [-0.3, -0.25) is 14.8 Å². The van der Waals surface area contributed by atoms with Gasteiger partial charge in [-0.25, -0.2) is 17.8 Å². The third kappa shape index (κ3) is 3.96. The molecule has 1 aliphatic rings. The predicted octanol–water partition coefficient (Wildman–Crippen LogP) is 3.28. The molecule has 34 heavy (non-hydrogen) atoms. The van der Waals surface area contributed by atoms with E-state index in [2.05, 4.69) is 19.9 Å². The highest BCUT2D eigenvalue weighted by molar-refractivity contribution is 7.89. The first-order valence-corrected chi connectivity index (χ1v) is 12.2. The minimum absolute atomic E-state index is 0.0993. The number of halogens is 1. The van der Waals surface area contributed by atoms with E-state index in [0.717, 1.165) is 11.1 Å². The molecule has 5 rings (SSSR count). The SMILES string of the molecule is CNS(=O)(=O)c1cccc(-n2ccc(=O)c(C3CC=NN3c3ccnc4cc(Cl)ccc34)n2)c1.